The van der Waals surface area contributed by atoms with Crippen molar-refractivity contribution in [2.24, 2.45) is 0 Å². The summed E-state index contributed by atoms with van der Waals surface area (Å²) < 4.78 is 4.66. The van der Waals surface area contributed by atoms with Crippen molar-refractivity contribution < 1.29 is 19.1 Å². The molecule has 2 rings (SSSR count). The summed E-state index contributed by atoms with van der Waals surface area (Å²) in [6.45, 7) is 1.86. The second-order valence-electron chi connectivity index (χ2n) is 5.13. The number of hydrogen-bond donors (Lipinski definition) is 2. The molecule has 6 nitrogen and oxygen atoms in total. The summed E-state index contributed by atoms with van der Waals surface area (Å²) in [6, 6.07) is 13.7. The summed E-state index contributed by atoms with van der Waals surface area (Å²) in [5.41, 5.74) is 2.10. The molecule has 0 aliphatic carbocycles. The number of esters is 1. The summed E-state index contributed by atoms with van der Waals surface area (Å²) in [6.07, 6.45) is -0.357. The molecule has 0 fully saturated rings. The fraction of sp³-hybridized carbons (Fsp3) is 0.167. The van der Waals surface area contributed by atoms with Gasteiger partial charge in [0.05, 0.1) is 18.4 Å². The van der Waals surface area contributed by atoms with Crippen molar-refractivity contribution in [3.05, 3.63) is 59.7 Å². The van der Waals surface area contributed by atoms with Crippen molar-refractivity contribution >= 4 is 29.2 Å². The van der Waals surface area contributed by atoms with Crippen LogP contribution < -0.4 is 10.6 Å². The number of anilines is 2. The highest BCUT2D eigenvalue weighted by molar-refractivity contribution is 6.10. The second-order valence-corrected chi connectivity index (χ2v) is 5.13. The van der Waals surface area contributed by atoms with Gasteiger partial charge >= 0.3 is 5.97 Å². The zero-order valence-electron chi connectivity index (χ0n) is 13.5. The third-order valence-electron chi connectivity index (χ3n) is 3.35. The van der Waals surface area contributed by atoms with Gasteiger partial charge in [-0.15, -0.1) is 0 Å². The van der Waals surface area contributed by atoms with Crippen molar-refractivity contribution in [1.29, 1.82) is 0 Å². The van der Waals surface area contributed by atoms with Gasteiger partial charge in [0.25, 0.3) is 0 Å². The Morgan fingerprint density at radius 3 is 2.04 bits per heavy atom. The van der Waals surface area contributed by atoms with Crippen molar-refractivity contribution in [2.45, 2.75) is 13.3 Å². The summed E-state index contributed by atoms with van der Waals surface area (Å²) in [5.74, 6) is -1.51. The lowest BCUT2D eigenvalue weighted by Gasteiger charge is -2.10. The summed E-state index contributed by atoms with van der Waals surface area (Å²) in [5, 5.41) is 5.24. The number of benzene rings is 2. The Bertz CT molecular complexity index is 771. The highest BCUT2D eigenvalue weighted by atomic mass is 16.5. The van der Waals surface area contributed by atoms with E-state index in [0.717, 1.165) is 5.56 Å². The van der Waals surface area contributed by atoms with Crippen LogP contribution in [0.1, 0.15) is 22.3 Å². The molecule has 0 unspecified atom stereocenters. The molecule has 0 heterocycles. The number of rotatable bonds is 5. The largest absolute Gasteiger partial charge is 0.465 e. The third kappa shape index (κ3) is 4.42. The van der Waals surface area contributed by atoms with Crippen LogP contribution in [0, 0.1) is 6.92 Å². The molecule has 2 aromatic carbocycles. The zero-order chi connectivity index (χ0) is 17.5. The van der Waals surface area contributed by atoms with Crippen LogP contribution in [-0.2, 0) is 14.3 Å². The van der Waals surface area contributed by atoms with E-state index >= 15 is 0 Å². The molecule has 6 heteroatoms. The van der Waals surface area contributed by atoms with Crippen molar-refractivity contribution in [3.8, 4) is 0 Å². The fourth-order valence-electron chi connectivity index (χ4n) is 2.13. The van der Waals surface area contributed by atoms with Gasteiger partial charge in [0.1, 0.15) is 6.42 Å². The Balaban J connectivity index is 2.00. The van der Waals surface area contributed by atoms with Crippen LogP contribution in [0.15, 0.2) is 48.5 Å². The van der Waals surface area contributed by atoms with Gasteiger partial charge in [0.2, 0.25) is 11.8 Å². The first-order valence-electron chi connectivity index (χ1n) is 7.34. The monoisotopic (exact) mass is 326 g/mol. The number of carbonyl (C=O) groups is 3. The van der Waals surface area contributed by atoms with Crippen molar-refractivity contribution in [2.75, 3.05) is 17.7 Å². The smallest absolute Gasteiger partial charge is 0.339 e. The predicted molar refractivity (Wildman–Crippen MR) is 90.8 cm³/mol. The fourth-order valence-corrected chi connectivity index (χ4v) is 2.13. The Hall–Kier alpha value is -3.15. The van der Waals surface area contributed by atoms with E-state index in [1.54, 1.807) is 30.3 Å². The van der Waals surface area contributed by atoms with Gasteiger partial charge in [0, 0.05) is 5.69 Å². The number of methoxy groups -OCH3 is 1. The normalized spacial score (nSPS) is 9.92. The standard InChI is InChI=1S/C18H18N2O4/c1-12-7-3-5-9-14(12)19-16(21)11-17(22)20-15-10-6-4-8-13(15)18(23)24-2/h3-10H,11H2,1-2H3,(H,19,21)(H,20,22). The van der Waals surface area contributed by atoms with Crippen LogP contribution in [-0.4, -0.2) is 24.9 Å². The van der Waals surface area contributed by atoms with E-state index in [1.165, 1.54) is 13.2 Å². The van der Waals surface area contributed by atoms with Crippen LogP contribution in [0.4, 0.5) is 11.4 Å². The van der Waals surface area contributed by atoms with Gasteiger partial charge in [0.15, 0.2) is 0 Å². The Kier molecular flexibility index (Phi) is 5.68. The average molecular weight is 326 g/mol. The number of hydrogen-bond acceptors (Lipinski definition) is 4. The number of ether oxygens (including phenoxy) is 1. The molecule has 2 N–H and O–H groups in total. The van der Waals surface area contributed by atoms with Crippen molar-refractivity contribution in [3.63, 3.8) is 0 Å². The first-order valence-corrected chi connectivity index (χ1v) is 7.34. The van der Waals surface area contributed by atoms with E-state index < -0.39 is 17.8 Å². The minimum absolute atomic E-state index is 0.229. The quantitative estimate of drug-likeness (QED) is 0.653. The lowest BCUT2D eigenvalue weighted by Crippen LogP contribution is -2.22. The predicted octanol–water partition coefficient (Wildman–Crippen LogP) is 2.75. The summed E-state index contributed by atoms with van der Waals surface area (Å²) >= 11 is 0. The van der Waals surface area contributed by atoms with Gasteiger partial charge in [-0.25, -0.2) is 4.79 Å². The molecule has 0 saturated carbocycles. The number of nitrogens with one attached hydrogen (secondary N) is 2. The second kappa shape index (κ2) is 7.92. The number of carbonyl (C=O) groups excluding carboxylic acids is 3. The molecule has 0 saturated heterocycles. The zero-order valence-corrected chi connectivity index (χ0v) is 13.5. The van der Waals surface area contributed by atoms with Gasteiger partial charge in [-0.1, -0.05) is 30.3 Å². The molecule has 0 atom stereocenters. The Labute approximate surface area is 139 Å². The highest BCUT2D eigenvalue weighted by Gasteiger charge is 2.15. The average Bonchev–Trinajstić information content (AvgIpc) is 2.56. The molecule has 0 aromatic heterocycles. The van der Waals surface area contributed by atoms with Crippen LogP contribution >= 0.6 is 0 Å². The maximum Gasteiger partial charge on any atom is 0.339 e. The summed E-state index contributed by atoms with van der Waals surface area (Å²) in [7, 11) is 1.26. The minimum atomic E-state index is -0.560. The Morgan fingerprint density at radius 2 is 1.42 bits per heavy atom. The molecule has 0 spiro atoms. The van der Waals surface area contributed by atoms with Crippen LogP contribution in [0.5, 0.6) is 0 Å². The first-order chi connectivity index (χ1) is 11.5. The molecule has 24 heavy (non-hydrogen) atoms. The molecule has 0 aliphatic rings. The maximum absolute atomic E-state index is 12.0. The Morgan fingerprint density at radius 1 is 0.875 bits per heavy atom. The van der Waals surface area contributed by atoms with E-state index in [4.69, 9.17) is 0 Å². The van der Waals surface area contributed by atoms with Crippen molar-refractivity contribution in [1.82, 2.24) is 0 Å². The summed E-state index contributed by atoms with van der Waals surface area (Å²) in [4.78, 5) is 35.7. The minimum Gasteiger partial charge on any atom is -0.465 e. The van der Waals surface area contributed by atoms with E-state index in [-0.39, 0.29) is 12.0 Å². The van der Waals surface area contributed by atoms with Crippen LogP contribution in [0.25, 0.3) is 0 Å². The lowest BCUT2D eigenvalue weighted by molar-refractivity contribution is -0.123. The number of amides is 2. The number of aryl methyl sites for hydroxylation is 1. The molecule has 0 bridgehead atoms. The first kappa shape index (κ1) is 17.2. The van der Waals surface area contributed by atoms with Crippen LogP contribution in [0.3, 0.4) is 0 Å². The maximum atomic E-state index is 12.0. The number of para-hydroxylation sites is 2. The SMILES string of the molecule is COC(=O)c1ccccc1NC(=O)CC(=O)Nc1ccccc1C. The van der Waals surface area contributed by atoms with Gasteiger partial charge in [-0.3, -0.25) is 9.59 Å². The molecule has 2 amide bonds. The topological polar surface area (TPSA) is 84.5 Å². The van der Waals surface area contributed by atoms with Gasteiger partial charge in [-0.2, -0.15) is 0 Å². The van der Waals surface area contributed by atoms with Gasteiger partial charge in [-0.05, 0) is 30.7 Å². The van der Waals surface area contributed by atoms with E-state index in [1.807, 2.05) is 19.1 Å². The van der Waals surface area contributed by atoms with E-state index in [2.05, 4.69) is 15.4 Å². The van der Waals surface area contributed by atoms with E-state index in [9.17, 15) is 14.4 Å². The lowest BCUT2D eigenvalue weighted by atomic mass is 10.1. The molecule has 0 aliphatic heterocycles. The molecular formula is C18H18N2O4. The van der Waals surface area contributed by atoms with Gasteiger partial charge < -0.3 is 15.4 Å². The molecule has 2 aromatic rings. The molecule has 0 radical (unpaired) electrons. The molecular weight excluding hydrogens is 308 g/mol. The molecule has 124 valence electrons. The highest BCUT2D eigenvalue weighted by Crippen LogP contribution is 2.17. The third-order valence-corrected chi connectivity index (χ3v) is 3.35. The van der Waals surface area contributed by atoms with E-state index in [0.29, 0.717) is 11.4 Å². The van der Waals surface area contributed by atoms with Crippen LogP contribution in [0.2, 0.25) is 0 Å².